The summed E-state index contributed by atoms with van der Waals surface area (Å²) < 4.78 is 52.1. The maximum atomic E-state index is 12.7. The maximum absolute atomic E-state index is 12.7. The summed E-state index contributed by atoms with van der Waals surface area (Å²) in [7, 11) is -4.52. The van der Waals surface area contributed by atoms with Crippen molar-refractivity contribution in [1.29, 1.82) is 0 Å². The Labute approximate surface area is 132 Å². The Morgan fingerprint density at radius 3 is 2.41 bits per heavy atom. The molecule has 1 N–H and O–H groups in total. The third kappa shape index (κ3) is 3.49. The number of hydrogen-bond acceptors (Lipinski definition) is 5. The van der Waals surface area contributed by atoms with Gasteiger partial charge in [0.25, 0.3) is 0 Å². The van der Waals surface area contributed by atoms with Gasteiger partial charge in [0.1, 0.15) is 0 Å². The second-order valence-electron chi connectivity index (χ2n) is 5.27. The Morgan fingerprint density at radius 2 is 1.73 bits per heavy atom. The topological polar surface area (TPSA) is 86.8 Å². The first-order valence-corrected chi connectivity index (χ1v) is 9.88. The summed E-state index contributed by atoms with van der Waals surface area (Å²) in [6.07, 6.45) is 0.731. The van der Waals surface area contributed by atoms with Crippen LogP contribution in [-0.2, 0) is 20.0 Å². The molecule has 0 unspecified atom stereocenters. The highest BCUT2D eigenvalue weighted by atomic mass is 32.2. The highest BCUT2D eigenvalue weighted by Crippen LogP contribution is 2.21. The van der Waals surface area contributed by atoms with Crippen molar-refractivity contribution in [3.63, 3.8) is 0 Å². The molecule has 124 valence electrons. The Morgan fingerprint density at radius 1 is 1.05 bits per heavy atom. The number of nitrogens with zero attached hydrogens (tertiary/aromatic N) is 2. The maximum Gasteiger partial charge on any atom is 0.243 e. The Hall–Kier alpha value is -1.00. The number of nitrogens with one attached hydrogen (secondary N) is 1. The second-order valence-corrected chi connectivity index (χ2v) is 9.36. The van der Waals surface area contributed by atoms with Gasteiger partial charge < -0.3 is 5.32 Å². The molecule has 2 rings (SSSR count). The van der Waals surface area contributed by atoms with Crippen LogP contribution in [0.2, 0.25) is 0 Å². The fraction of sp³-hybridized carbons (Fsp3) is 0.538. The van der Waals surface area contributed by atoms with Gasteiger partial charge in [-0.1, -0.05) is 6.07 Å². The van der Waals surface area contributed by atoms with Crippen LogP contribution in [0.25, 0.3) is 0 Å². The summed E-state index contributed by atoms with van der Waals surface area (Å²) in [5.41, 5.74) is 0. The zero-order valence-electron chi connectivity index (χ0n) is 12.7. The van der Waals surface area contributed by atoms with Crippen LogP contribution in [0.3, 0.4) is 0 Å². The van der Waals surface area contributed by atoms with Gasteiger partial charge in [-0.05, 0) is 31.2 Å². The average molecular weight is 347 g/mol. The van der Waals surface area contributed by atoms with Crippen LogP contribution in [0.4, 0.5) is 0 Å². The van der Waals surface area contributed by atoms with Crippen molar-refractivity contribution in [3.8, 4) is 0 Å². The Kier molecular flexibility index (Phi) is 5.23. The lowest BCUT2D eigenvalue weighted by atomic mass is 10.4. The molecule has 0 spiro atoms. The van der Waals surface area contributed by atoms with Gasteiger partial charge in [0.05, 0.1) is 9.79 Å². The fourth-order valence-electron chi connectivity index (χ4n) is 2.22. The molecule has 0 saturated carbocycles. The summed E-state index contributed by atoms with van der Waals surface area (Å²) in [5, 5.41) is 3.14. The predicted octanol–water partition coefficient (Wildman–Crippen LogP) is -0.0791. The van der Waals surface area contributed by atoms with E-state index in [-0.39, 0.29) is 9.79 Å². The first-order valence-electron chi connectivity index (χ1n) is 7.00. The molecule has 1 fully saturated rings. The predicted molar refractivity (Wildman–Crippen MR) is 83.6 cm³/mol. The lowest BCUT2D eigenvalue weighted by molar-refractivity contribution is 0.432. The molecule has 0 atom stereocenters. The van der Waals surface area contributed by atoms with Gasteiger partial charge in [0.15, 0.2) is 0 Å². The molecule has 22 heavy (non-hydrogen) atoms. The lowest BCUT2D eigenvalue weighted by Gasteiger charge is -2.20. The van der Waals surface area contributed by atoms with Crippen molar-refractivity contribution in [2.24, 2.45) is 0 Å². The first-order chi connectivity index (χ1) is 10.3. The fourth-order valence-corrected chi connectivity index (χ4v) is 4.76. The molecule has 9 heteroatoms. The van der Waals surface area contributed by atoms with Crippen LogP contribution in [0, 0.1) is 0 Å². The van der Waals surface area contributed by atoms with Crippen molar-refractivity contribution < 1.29 is 16.8 Å². The molecule has 1 aliphatic rings. The number of rotatable bonds is 4. The van der Waals surface area contributed by atoms with E-state index in [2.05, 4.69) is 5.32 Å². The molecule has 0 aliphatic carbocycles. The van der Waals surface area contributed by atoms with Crippen molar-refractivity contribution in [3.05, 3.63) is 24.3 Å². The lowest BCUT2D eigenvalue weighted by Crippen LogP contribution is -2.34. The molecule has 7 nitrogen and oxygen atoms in total. The van der Waals surface area contributed by atoms with Crippen LogP contribution < -0.4 is 5.32 Å². The Balaban J connectivity index is 2.40. The average Bonchev–Trinajstić information content (AvgIpc) is 2.76. The third-order valence-corrected chi connectivity index (χ3v) is 7.23. The Bertz CT molecular complexity index is 721. The molecule has 1 aromatic rings. The molecule has 0 bridgehead atoms. The van der Waals surface area contributed by atoms with Gasteiger partial charge in [0.2, 0.25) is 20.0 Å². The van der Waals surface area contributed by atoms with E-state index in [0.717, 1.165) is 17.3 Å². The van der Waals surface area contributed by atoms with E-state index in [9.17, 15) is 16.8 Å². The van der Waals surface area contributed by atoms with E-state index in [1.807, 2.05) is 0 Å². The molecule has 0 aromatic heterocycles. The van der Waals surface area contributed by atoms with E-state index < -0.39 is 20.0 Å². The largest absolute Gasteiger partial charge is 0.315 e. The second kappa shape index (κ2) is 6.63. The van der Waals surface area contributed by atoms with Crippen LogP contribution in [0.15, 0.2) is 34.1 Å². The summed E-state index contributed by atoms with van der Waals surface area (Å²) in [6, 6.07) is 5.52. The molecule has 1 heterocycles. The van der Waals surface area contributed by atoms with Gasteiger partial charge in [-0.25, -0.2) is 21.1 Å². The van der Waals surface area contributed by atoms with Crippen LogP contribution in [0.1, 0.15) is 6.42 Å². The van der Waals surface area contributed by atoms with Gasteiger partial charge >= 0.3 is 0 Å². The number of sulfonamides is 2. The molecule has 1 saturated heterocycles. The third-order valence-electron chi connectivity index (χ3n) is 3.52. The molecule has 0 radical (unpaired) electrons. The minimum absolute atomic E-state index is 0.0114. The molecule has 1 aromatic carbocycles. The zero-order chi connectivity index (χ0) is 16.4. The van der Waals surface area contributed by atoms with E-state index in [1.54, 1.807) is 0 Å². The van der Waals surface area contributed by atoms with Gasteiger partial charge in [-0.3, -0.25) is 0 Å². The molecule has 1 aliphatic heterocycles. The smallest absolute Gasteiger partial charge is 0.243 e. The quantitative estimate of drug-likeness (QED) is 0.823. The highest BCUT2D eigenvalue weighted by Gasteiger charge is 2.27. The van der Waals surface area contributed by atoms with E-state index in [1.165, 1.54) is 42.7 Å². The van der Waals surface area contributed by atoms with E-state index in [0.29, 0.717) is 19.6 Å². The van der Waals surface area contributed by atoms with Crippen molar-refractivity contribution in [2.75, 3.05) is 40.3 Å². The van der Waals surface area contributed by atoms with Crippen molar-refractivity contribution >= 4 is 20.0 Å². The monoisotopic (exact) mass is 347 g/mol. The van der Waals surface area contributed by atoms with Crippen molar-refractivity contribution in [2.45, 2.75) is 16.2 Å². The van der Waals surface area contributed by atoms with Crippen LogP contribution in [0.5, 0.6) is 0 Å². The molecular formula is C13H21N3O4S2. The number of hydrogen-bond donors (Lipinski definition) is 1. The van der Waals surface area contributed by atoms with Gasteiger partial charge in [0, 0.05) is 33.7 Å². The SMILES string of the molecule is CN(C)S(=O)(=O)c1cccc(S(=O)(=O)N2CCCNCC2)c1. The van der Waals surface area contributed by atoms with Gasteiger partial charge in [-0.15, -0.1) is 0 Å². The highest BCUT2D eigenvalue weighted by molar-refractivity contribution is 7.90. The van der Waals surface area contributed by atoms with Crippen molar-refractivity contribution in [1.82, 2.24) is 13.9 Å². The molecular weight excluding hydrogens is 326 g/mol. The van der Waals surface area contributed by atoms with E-state index in [4.69, 9.17) is 0 Å². The minimum Gasteiger partial charge on any atom is -0.315 e. The van der Waals surface area contributed by atoms with Crippen LogP contribution >= 0.6 is 0 Å². The summed E-state index contributed by atoms with van der Waals surface area (Å²) >= 11 is 0. The van der Waals surface area contributed by atoms with Crippen LogP contribution in [-0.4, -0.2) is 65.7 Å². The normalized spacial score (nSPS) is 18.3. The van der Waals surface area contributed by atoms with E-state index >= 15 is 0 Å². The summed E-state index contributed by atoms with van der Waals surface area (Å²) in [6.45, 7) is 2.18. The summed E-state index contributed by atoms with van der Waals surface area (Å²) in [5.74, 6) is 0. The minimum atomic E-state index is -3.68. The first kappa shape index (κ1) is 17.4. The van der Waals surface area contributed by atoms with Gasteiger partial charge in [-0.2, -0.15) is 4.31 Å². The standard InChI is InChI=1S/C13H21N3O4S2/c1-15(2)21(17,18)12-5-3-6-13(11-12)22(19,20)16-9-4-7-14-8-10-16/h3,5-6,11,14H,4,7-10H2,1-2H3. The zero-order valence-corrected chi connectivity index (χ0v) is 14.3. The molecule has 0 amide bonds. The summed E-state index contributed by atoms with van der Waals surface area (Å²) in [4.78, 5) is -0.0103. The number of benzene rings is 1.